The van der Waals surface area contributed by atoms with Crippen molar-refractivity contribution in [1.82, 2.24) is 10.2 Å². The Morgan fingerprint density at radius 3 is 2.50 bits per heavy atom. The maximum absolute atomic E-state index is 11.7. The molecule has 1 atom stereocenters. The Hall–Kier alpha value is -0.190. The van der Waals surface area contributed by atoms with Crippen molar-refractivity contribution in [3.8, 4) is 0 Å². The molecule has 0 aliphatic heterocycles. The lowest BCUT2D eigenvalue weighted by Gasteiger charge is -2.26. The Bertz CT molecular complexity index is 118. The van der Waals surface area contributed by atoms with E-state index in [1.54, 1.807) is 6.92 Å². The highest BCUT2D eigenvalue weighted by Crippen LogP contribution is 2.01. The standard InChI is InChI=1S/C8H19FN2O/c1-8(12,7-11(2)3)6-10-5-4-9/h10,12H,4-7H2,1-3H3. The first-order valence-electron chi connectivity index (χ1n) is 4.12. The predicted octanol–water partition coefficient (Wildman–Crippen LogP) is -0.142. The van der Waals surface area contributed by atoms with Crippen LogP contribution in [0, 0.1) is 0 Å². The average molecular weight is 178 g/mol. The second-order valence-corrected chi connectivity index (χ2v) is 3.60. The molecule has 0 aromatic heterocycles. The fraction of sp³-hybridized carbons (Fsp3) is 1.00. The summed E-state index contributed by atoms with van der Waals surface area (Å²) in [6, 6.07) is 0. The average Bonchev–Trinajstić information content (AvgIpc) is 1.84. The zero-order valence-corrected chi connectivity index (χ0v) is 8.10. The van der Waals surface area contributed by atoms with Crippen molar-refractivity contribution in [2.24, 2.45) is 0 Å². The maximum Gasteiger partial charge on any atom is 0.102 e. The molecule has 0 spiro atoms. The summed E-state index contributed by atoms with van der Waals surface area (Å²) in [7, 11) is 3.78. The molecule has 0 aliphatic carbocycles. The van der Waals surface area contributed by atoms with Crippen LogP contribution < -0.4 is 5.32 Å². The quantitative estimate of drug-likeness (QED) is 0.556. The van der Waals surface area contributed by atoms with Gasteiger partial charge in [0.25, 0.3) is 0 Å². The third kappa shape index (κ3) is 6.52. The number of hydrogen-bond donors (Lipinski definition) is 2. The van der Waals surface area contributed by atoms with Crippen molar-refractivity contribution >= 4 is 0 Å². The summed E-state index contributed by atoms with van der Waals surface area (Å²) in [5.41, 5.74) is -0.779. The van der Waals surface area contributed by atoms with E-state index in [2.05, 4.69) is 5.32 Å². The topological polar surface area (TPSA) is 35.5 Å². The summed E-state index contributed by atoms with van der Waals surface area (Å²) >= 11 is 0. The highest BCUT2D eigenvalue weighted by molar-refractivity contribution is 4.77. The molecule has 3 nitrogen and oxygen atoms in total. The molecule has 0 heterocycles. The van der Waals surface area contributed by atoms with Gasteiger partial charge in [-0.05, 0) is 21.0 Å². The van der Waals surface area contributed by atoms with Crippen molar-refractivity contribution in [3.63, 3.8) is 0 Å². The van der Waals surface area contributed by atoms with Crippen LogP contribution >= 0.6 is 0 Å². The van der Waals surface area contributed by atoms with Crippen LogP contribution in [0.3, 0.4) is 0 Å². The van der Waals surface area contributed by atoms with Gasteiger partial charge in [0.15, 0.2) is 0 Å². The summed E-state index contributed by atoms with van der Waals surface area (Å²) < 4.78 is 11.7. The largest absolute Gasteiger partial charge is 0.388 e. The van der Waals surface area contributed by atoms with Gasteiger partial charge in [-0.1, -0.05) is 0 Å². The summed E-state index contributed by atoms with van der Waals surface area (Å²) in [5, 5.41) is 12.5. The second-order valence-electron chi connectivity index (χ2n) is 3.60. The molecule has 2 N–H and O–H groups in total. The van der Waals surface area contributed by atoms with Gasteiger partial charge in [0.1, 0.15) is 6.67 Å². The van der Waals surface area contributed by atoms with Crippen LogP contribution in [-0.4, -0.2) is 56.0 Å². The Kier molecular flexibility index (Phi) is 5.37. The molecule has 0 amide bonds. The van der Waals surface area contributed by atoms with E-state index in [0.717, 1.165) is 0 Å². The highest BCUT2D eigenvalue weighted by atomic mass is 19.1. The van der Waals surface area contributed by atoms with E-state index in [1.807, 2.05) is 19.0 Å². The molecular weight excluding hydrogens is 159 g/mol. The van der Waals surface area contributed by atoms with Gasteiger partial charge in [0, 0.05) is 19.6 Å². The van der Waals surface area contributed by atoms with Gasteiger partial charge in [0.05, 0.1) is 5.60 Å². The SMILES string of the molecule is CN(C)CC(C)(O)CNCCF. The Morgan fingerprint density at radius 2 is 2.08 bits per heavy atom. The van der Waals surface area contributed by atoms with E-state index < -0.39 is 12.3 Å². The van der Waals surface area contributed by atoms with Gasteiger partial charge in [-0.15, -0.1) is 0 Å². The van der Waals surface area contributed by atoms with Crippen LogP contribution in [0.2, 0.25) is 0 Å². The first-order valence-corrected chi connectivity index (χ1v) is 4.12. The lowest BCUT2D eigenvalue weighted by Crippen LogP contribution is -2.45. The smallest absolute Gasteiger partial charge is 0.102 e. The number of halogens is 1. The van der Waals surface area contributed by atoms with Crippen molar-refractivity contribution in [2.45, 2.75) is 12.5 Å². The van der Waals surface area contributed by atoms with Gasteiger partial charge < -0.3 is 15.3 Å². The molecule has 0 aromatic rings. The zero-order valence-electron chi connectivity index (χ0n) is 8.10. The number of alkyl halides is 1. The van der Waals surface area contributed by atoms with Gasteiger partial charge >= 0.3 is 0 Å². The fourth-order valence-electron chi connectivity index (χ4n) is 1.16. The normalized spacial score (nSPS) is 16.5. The Labute approximate surface area is 73.6 Å². The lowest BCUT2D eigenvalue weighted by molar-refractivity contribution is 0.0338. The highest BCUT2D eigenvalue weighted by Gasteiger charge is 2.20. The molecule has 0 fully saturated rings. The molecule has 0 bridgehead atoms. The van der Waals surface area contributed by atoms with Gasteiger partial charge in [0.2, 0.25) is 0 Å². The number of nitrogens with one attached hydrogen (secondary N) is 1. The van der Waals surface area contributed by atoms with Crippen LogP contribution in [0.1, 0.15) is 6.92 Å². The van der Waals surface area contributed by atoms with Crippen molar-refractivity contribution in [3.05, 3.63) is 0 Å². The van der Waals surface area contributed by atoms with E-state index in [0.29, 0.717) is 19.6 Å². The summed E-state index contributed by atoms with van der Waals surface area (Å²) in [6.07, 6.45) is 0. The molecule has 74 valence electrons. The van der Waals surface area contributed by atoms with Crippen molar-refractivity contribution in [1.29, 1.82) is 0 Å². The third-order valence-corrected chi connectivity index (χ3v) is 1.43. The van der Waals surface area contributed by atoms with E-state index >= 15 is 0 Å². The summed E-state index contributed by atoms with van der Waals surface area (Å²) in [6.45, 7) is 2.65. The Balaban J connectivity index is 3.56. The van der Waals surface area contributed by atoms with Gasteiger partial charge in [-0.25, -0.2) is 4.39 Å². The van der Waals surface area contributed by atoms with E-state index in [9.17, 15) is 9.50 Å². The first kappa shape index (κ1) is 11.8. The van der Waals surface area contributed by atoms with Crippen LogP contribution in [-0.2, 0) is 0 Å². The number of nitrogens with zero attached hydrogens (tertiary/aromatic N) is 1. The maximum atomic E-state index is 11.7. The fourth-order valence-corrected chi connectivity index (χ4v) is 1.16. The van der Waals surface area contributed by atoms with Crippen LogP contribution in [0.25, 0.3) is 0 Å². The molecule has 0 rings (SSSR count). The molecule has 4 heteroatoms. The second kappa shape index (κ2) is 5.45. The minimum Gasteiger partial charge on any atom is -0.388 e. The van der Waals surface area contributed by atoms with Gasteiger partial charge in [-0.3, -0.25) is 0 Å². The molecule has 0 aliphatic rings. The first-order chi connectivity index (χ1) is 5.48. The molecule has 0 saturated carbocycles. The zero-order chi connectivity index (χ0) is 9.61. The summed E-state index contributed by atoms with van der Waals surface area (Å²) in [4.78, 5) is 1.90. The minimum atomic E-state index is -0.779. The van der Waals surface area contributed by atoms with E-state index in [1.165, 1.54) is 0 Å². The minimum absolute atomic E-state index is 0.309. The molecule has 0 saturated heterocycles. The van der Waals surface area contributed by atoms with Crippen LogP contribution in [0.5, 0.6) is 0 Å². The number of hydrogen-bond acceptors (Lipinski definition) is 3. The van der Waals surface area contributed by atoms with Crippen LogP contribution in [0.15, 0.2) is 0 Å². The van der Waals surface area contributed by atoms with Crippen molar-refractivity contribution < 1.29 is 9.50 Å². The van der Waals surface area contributed by atoms with Crippen molar-refractivity contribution in [2.75, 3.05) is 40.4 Å². The molecule has 0 aromatic carbocycles. The molecule has 0 radical (unpaired) electrons. The monoisotopic (exact) mass is 178 g/mol. The summed E-state index contributed by atoms with van der Waals surface area (Å²) in [5.74, 6) is 0. The van der Waals surface area contributed by atoms with E-state index in [4.69, 9.17) is 0 Å². The van der Waals surface area contributed by atoms with Gasteiger partial charge in [-0.2, -0.15) is 0 Å². The van der Waals surface area contributed by atoms with Crippen LogP contribution in [0.4, 0.5) is 4.39 Å². The third-order valence-electron chi connectivity index (χ3n) is 1.43. The Morgan fingerprint density at radius 1 is 1.50 bits per heavy atom. The van der Waals surface area contributed by atoms with E-state index in [-0.39, 0.29) is 0 Å². The lowest BCUT2D eigenvalue weighted by atomic mass is 10.1. The number of rotatable bonds is 6. The number of likely N-dealkylation sites (N-methyl/N-ethyl adjacent to an activating group) is 1. The molecular formula is C8H19FN2O. The molecule has 12 heavy (non-hydrogen) atoms. The molecule has 1 unspecified atom stereocenters. The number of aliphatic hydroxyl groups is 1. The predicted molar refractivity (Wildman–Crippen MR) is 48.0 cm³/mol.